The summed E-state index contributed by atoms with van der Waals surface area (Å²) in [4.78, 5) is 2.80. The van der Waals surface area contributed by atoms with E-state index in [0.29, 0.717) is 5.41 Å². The average Bonchev–Trinajstić information content (AvgIpc) is 2.47. The monoisotopic (exact) mass is 252 g/mol. The summed E-state index contributed by atoms with van der Waals surface area (Å²) in [6.07, 6.45) is 11.2. The predicted molar refractivity (Wildman–Crippen MR) is 78.9 cm³/mol. The molecule has 106 valence electrons. The highest BCUT2D eigenvalue weighted by molar-refractivity contribution is 4.89. The van der Waals surface area contributed by atoms with Crippen LogP contribution in [0, 0.1) is 5.41 Å². The van der Waals surface area contributed by atoms with Gasteiger partial charge in [0.05, 0.1) is 0 Å². The van der Waals surface area contributed by atoms with E-state index >= 15 is 0 Å². The zero-order valence-corrected chi connectivity index (χ0v) is 12.7. The fourth-order valence-electron chi connectivity index (χ4n) is 4.08. The van der Waals surface area contributed by atoms with Crippen LogP contribution in [0.2, 0.25) is 0 Å². The third-order valence-electron chi connectivity index (χ3n) is 5.93. The summed E-state index contributed by atoms with van der Waals surface area (Å²) in [5.41, 5.74) is 0.674. The predicted octanol–water partition coefficient (Wildman–Crippen LogP) is 3.42. The van der Waals surface area contributed by atoms with E-state index in [4.69, 9.17) is 0 Å². The maximum Gasteiger partial charge on any atom is 0.0110 e. The number of piperidine rings is 1. The number of nitrogens with one attached hydrogen (secondary N) is 1. The van der Waals surface area contributed by atoms with E-state index in [-0.39, 0.29) is 0 Å². The lowest BCUT2D eigenvalue weighted by atomic mass is 9.73. The lowest BCUT2D eigenvalue weighted by Crippen LogP contribution is -2.48. The van der Waals surface area contributed by atoms with Gasteiger partial charge in [-0.2, -0.15) is 0 Å². The van der Waals surface area contributed by atoms with Gasteiger partial charge in [0, 0.05) is 12.1 Å². The average molecular weight is 252 g/mol. The van der Waals surface area contributed by atoms with Crippen molar-refractivity contribution >= 4 is 0 Å². The first-order valence-corrected chi connectivity index (χ1v) is 8.14. The number of nitrogens with zero attached hydrogens (tertiary/aromatic N) is 1. The van der Waals surface area contributed by atoms with Crippen LogP contribution >= 0.6 is 0 Å². The highest BCUT2D eigenvalue weighted by Gasteiger charge is 2.34. The molecule has 2 rings (SSSR count). The first kappa shape index (κ1) is 14.3. The minimum atomic E-state index is 0.674. The number of hydrogen-bond donors (Lipinski definition) is 1. The fourth-order valence-corrected chi connectivity index (χ4v) is 4.08. The molecule has 0 bridgehead atoms. The van der Waals surface area contributed by atoms with Gasteiger partial charge in [-0.15, -0.1) is 0 Å². The van der Waals surface area contributed by atoms with Gasteiger partial charge in [0.1, 0.15) is 0 Å². The van der Waals surface area contributed by atoms with E-state index < -0.39 is 0 Å². The van der Waals surface area contributed by atoms with Crippen molar-refractivity contribution < 1.29 is 0 Å². The van der Waals surface area contributed by atoms with Gasteiger partial charge in [0.2, 0.25) is 0 Å². The Morgan fingerprint density at radius 2 is 1.78 bits per heavy atom. The summed E-state index contributed by atoms with van der Waals surface area (Å²) in [6.45, 7) is 7.47. The minimum absolute atomic E-state index is 0.674. The van der Waals surface area contributed by atoms with Crippen LogP contribution in [0.3, 0.4) is 0 Å². The van der Waals surface area contributed by atoms with Crippen LogP contribution < -0.4 is 5.32 Å². The van der Waals surface area contributed by atoms with Crippen molar-refractivity contribution in [2.45, 2.75) is 77.3 Å². The maximum absolute atomic E-state index is 3.48. The lowest BCUT2D eigenvalue weighted by molar-refractivity contribution is 0.0485. The standard InChI is InChI=1S/C16H32N2/c1-4-16(5-2)9-11-18(12-10-16)15-8-6-7-14(13-15)17-3/h14-15,17H,4-13H2,1-3H3. The van der Waals surface area contributed by atoms with E-state index in [1.165, 1.54) is 64.5 Å². The van der Waals surface area contributed by atoms with Gasteiger partial charge in [-0.1, -0.05) is 33.1 Å². The van der Waals surface area contributed by atoms with Gasteiger partial charge in [0.25, 0.3) is 0 Å². The summed E-state index contributed by atoms with van der Waals surface area (Å²) < 4.78 is 0. The van der Waals surface area contributed by atoms with Gasteiger partial charge in [0.15, 0.2) is 0 Å². The van der Waals surface area contributed by atoms with Gasteiger partial charge < -0.3 is 10.2 Å². The second-order valence-corrected chi connectivity index (χ2v) is 6.55. The molecule has 0 aromatic carbocycles. The molecular formula is C16H32N2. The molecule has 0 radical (unpaired) electrons. The topological polar surface area (TPSA) is 15.3 Å². The molecule has 2 aliphatic rings. The molecule has 1 N–H and O–H groups in total. The molecule has 1 heterocycles. The molecule has 0 amide bonds. The zero-order chi connectivity index (χ0) is 13.0. The van der Waals surface area contributed by atoms with E-state index in [1.807, 2.05) is 0 Å². The van der Waals surface area contributed by atoms with Gasteiger partial charge in [-0.25, -0.2) is 0 Å². The quantitative estimate of drug-likeness (QED) is 0.825. The Morgan fingerprint density at radius 1 is 1.11 bits per heavy atom. The number of hydrogen-bond acceptors (Lipinski definition) is 2. The Morgan fingerprint density at radius 3 is 2.33 bits per heavy atom. The SMILES string of the molecule is CCC1(CC)CCN(C2CCCC(NC)C2)CC1. The Kier molecular flexibility index (Phi) is 5.08. The molecule has 0 aromatic rings. The van der Waals surface area contributed by atoms with Crippen molar-refractivity contribution in [1.82, 2.24) is 10.2 Å². The summed E-state index contributed by atoms with van der Waals surface area (Å²) in [5, 5.41) is 3.48. The van der Waals surface area contributed by atoms with Crippen LogP contribution in [0.15, 0.2) is 0 Å². The van der Waals surface area contributed by atoms with Crippen LogP contribution in [0.5, 0.6) is 0 Å². The fraction of sp³-hybridized carbons (Fsp3) is 1.00. The molecule has 2 unspecified atom stereocenters. The van der Waals surface area contributed by atoms with E-state index in [9.17, 15) is 0 Å². The molecule has 1 aliphatic heterocycles. The van der Waals surface area contributed by atoms with Crippen molar-refractivity contribution in [2.24, 2.45) is 5.41 Å². The molecule has 2 nitrogen and oxygen atoms in total. The van der Waals surface area contributed by atoms with Crippen LogP contribution in [0.4, 0.5) is 0 Å². The van der Waals surface area contributed by atoms with Crippen molar-refractivity contribution in [3.63, 3.8) is 0 Å². The summed E-state index contributed by atoms with van der Waals surface area (Å²) in [5.74, 6) is 0. The highest BCUT2D eigenvalue weighted by atomic mass is 15.2. The molecule has 0 spiro atoms. The summed E-state index contributed by atoms with van der Waals surface area (Å²) in [6, 6.07) is 1.63. The first-order valence-electron chi connectivity index (χ1n) is 8.14. The van der Waals surface area contributed by atoms with Crippen molar-refractivity contribution in [2.75, 3.05) is 20.1 Å². The van der Waals surface area contributed by atoms with Crippen LogP contribution in [-0.4, -0.2) is 37.1 Å². The molecule has 1 saturated carbocycles. The second-order valence-electron chi connectivity index (χ2n) is 6.55. The molecule has 2 atom stereocenters. The Bertz CT molecular complexity index is 237. The molecular weight excluding hydrogens is 220 g/mol. The van der Waals surface area contributed by atoms with Gasteiger partial charge in [-0.3, -0.25) is 0 Å². The van der Waals surface area contributed by atoms with Crippen LogP contribution in [-0.2, 0) is 0 Å². The summed E-state index contributed by atoms with van der Waals surface area (Å²) >= 11 is 0. The number of likely N-dealkylation sites (tertiary alicyclic amines) is 1. The van der Waals surface area contributed by atoms with Crippen LogP contribution in [0.25, 0.3) is 0 Å². The van der Waals surface area contributed by atoms with Gasteiger partial charge in [-0.05, 0) is 57.7 Å². The number of rotatable bonds is 4. The maximum atomic E-state index is 3.48. The smallest absolute Gasteiger partial charge is 0.0110 e. The third kappa shape index (κ3) is 3.08. The van der Waals surface area contributed by atoms with E-state index in [2.05, 4.69) is 31.1 Å². The second kappa shape index (κ2) is 6.38. The van der Waals surface area contributed by atoms with E-state index in [0.717, 1.165) is 12.1 Å². The van der Waals surface area contributed by atoms with Crippen molar-refractivity contribution in [3.8, 4) is 0 Å². The van der Waals surface area contributed by atoms with Crippen LogP contribution in [0.1, 0.15) is 65.2 Å². The third-order valence-corrected chi connectivity index (χ3v) is 5.93. The molecule has 18 heavy (non-hydrogen) atoms. The largest absolute Gasteiger partial charge is 0.317 e. The normalized spacial score (nSPS) is 33.5. The molecule has 2 heteroatoms. The Labute approximate surface area is 114 Å². The minimum Gasteiger partial charge on any atom is -0.317 e. The first-order chi connectivity index (χ1) is 8.73. The lowest BCUT2D eigenvalue weighted by Gasteiger charge is -2.46. The molecule has 0 aromatic heterocycles. The highest BCUT2D eigenvalue weighted by Crippen LogP contribution is 2.39. The van der Waals surface area contributed by atoms with E-state index in [1.54, 1.807) is 0 Å². The van der Waals surface area contributed by atoms with Crippen molar-refractivity contribution in [1.29, 1.82) is 0 Å². The Balaban J connectivity index is 1.85. The molecule has 1 aliphatic carbocycles. The summed E-state index contributed by atoms with van der Waals surface area (Å²) in [7, 11) is 2.13. The van der Waals surface area contributed by atoms with Crippen molar-refractivity contribution in [3.05, 3.63) is 0 Å². The molecule has 1 saturated heterocycles. The Hall–Kier alpha value is -0.0800. The molecule has 2 fully saturated rings. The van der Waals surface area contributed by atoms with Gasteiger partial charge >= 0.3 is 0 Å². The zero-order valence-electron chi connectivity index (χ0n) is 12.7.